The van der Waals surface area contributed by atoms with Crippen molar-refractivity contribution in [1.29, 1.82) is 0 Å². The molecule has 0 unspecified atom stereocenters. The lowest BCUT2D eigenvalue weighted by atomic mass is 10.3. The summed E-state index contributed by atoms with van der Waals surface area (Å²) < 4.78 is 2.07. The molecule has 0 amide bonds. The molecule has 0 aliphatic rings. The lowest BCUT2D eigenvalue weighted by Crippen LogP contribution is -2.39. The molecule has 1 N–H and O–H groups in total. The van der Waals surface area contributed by atoms with E-state index in [2.05, 4.69) is 53.9 Å². The number of aliphatic imine (C=N–C) groups is 1. The highest BCUT2D eigenvalue weighted by Gasteiger charge is 2.04. The highest BCUT2D eigenvalue weighted by molar-refractivity contribution is 5.79. The van der Waals surface area contributed by atoms with Crippen LogP contribution in [0.25, 0.3) is 0 Å². The Kier molecular flexibility index (Phi) is 7.87. The van der Waals surface area contributed by atoms with Gasteiger partial charge in [-0.1, -0.05) is 13.3 Å². The van der Waals surface area contributed by atoms with Crippen LogP contribution in [0.4, 0.5) is 0 Å². The second-order valence-corrected chi connectivity index (χ2v) is 5.51. The van der Waals surface area contributed by atoms with E-state index in [1.807, 2.05) is 6.92 Å². The summed E-state index contributed by atoms with van der Waals surface area (Å²) in [6, 6.07) is 2.12. The quantitative estimate of drug-likeness (QED) is 0.455. The maximum absolute atomic E-state index is 4.71. The number of aryl methyl sites for hydroxylation is 3. The van der Waals surface area contributed by atoms with Gasteiger partial charge in [0.15, 0.2) is 5.96 Å². The maximum atomic E-state index is 4.71. The van der Waals surface area contributed by atoms with Gasteiger partial charge in [0.25, 0.3) is 0 Å². The van der Waals surface area contributed by atoms with Crippen molar-refractivity contribution in [3.05, 3.63) is 17.5 Å². The Bertz CT molecular complexity index is 436. The third-order valence-electron chi connectivity index (χ3n) is 3.44. The van der Waals surface area contributed by atoms with Crippen LogP contribution in [-0.4, -0.2) is 47.3 Å². The van der Waals surface area contributed by atoms with Crippen LogP contribution in [0.1, 0.15) is 44.5 Å². The van der Waals surface area contributed by atoms with Crippen LogP contribution in [0.3, 0.4) is 0 Å². The van der Waals surface area contributed by atoms with Crippen molar-refractivity contribution in [2.45, 2.75) is 53.5 Å². The van der Waals surface area contributed by atoms with Gasteiger partial charge in [0.05, 0.1) is 5.69 Å². The minimum Gasteiger partial charge on any atom is -0.357 e. The molecule has 0 saturated heterocycles. The van der Waals surface area contributed by atoms with Crippen molar-refractivity contribution in [3.63, 3.8) is 0 Å². The number of nitrogens with one attached hydrogen (secondary N) is 1. The molecule has 0 fully saturated rings. The van der Waals surface area contributed by atoms with Crippen LogP contribution >= 0.6 is 0 Å². The number of aromatic nitrogens is 2. The SMILES string of the molecule is CCCCN(C)C(=NCCCn1nc(C)cc1C)NCC. The van der Waals surface area contributed by atoms with Gasteiger partial charge in [-0.05, 0) is 39.7 Å². The minimum absolute atomic E-state index is 0.831. The van der Waals surface area contributed by atoms with Crippen molar-refractivity contribution in [3.8, 4) is 0 Å². The average molecular weight is 293 g/mol. The molecule has 0 spiro atoms. The van der Waals surface area contributed by atoms with E-state index in [-0.39, 0.29) is 0 Å². The summed E-state index contributed by atoms with van der Waals surface area (Å²) in [5.74, 6) is 1.01. The van der Waals surface area contributed by atoms with E-state index in [9.17, 15) is 0 Å². The van der Waals surface area contributed by atoms with Crippen molar-refractivity contribution in [2.24, 2.45) is 4.99 Å². The number of hydrogen-bond acceptors (Lipinski definition) is 2. The van der Waals surface area contributed by atoms with Crippen LogP contribution in [0.15, 0.2) is 11.1 Å². The molecular weight excluding hydrogens is 262 g/mol. The van der Waals surface area contributed by atoms with Gasteiger partial charge in [-0.15, -0.1) is 0 Å². The molecule has 1 heterocycles. The fourth-order valence-corrected chi connectivity index (χ4v) is 2.28. The van der Waals surface area contributed by atoms with Crippen LogP contribution in [0.5, 0.6) is 0 Å². The van der Waals surface area contributed by atoms with Crippen LogP contribution < -0.4 is 5.32 Å². The topological polar surface area (TPSA) is 45.5 Å². The van der Waals surface area contributed by atoms with Gasteiger partial charge in [0.2, 0.25) is 0 Å². The van der Waals surface area contributed by atoms with Gasteiger partial charge in [-0.25, -0.2) is 0 Å². The molecule has 1 aromatic rings. The van der Waals surface area contributed by atoms with E-state index in [1.165, 1.54) is 18.5 Å². The molecule has 5 heteroatoms. The molecule has 120 valence electrons. The minimum atomic E-state index is 0.831. The van der Waals surface area contributed by atoms with Crippen molar-refractivity contribution in [2.75, 3.05) is 26.7 Å². The zero-order valence-corrected chi connectivity index (χ0v) is 14.3. The Labute approximate surface area is 129 Å². The summed E-state index contributed by atoms with van der Waals surface area (Å²) >= 11 is 0. The highest BCUT2D eigenvalue weighted by atomic mass is 15.3. The molecule has 21 heavy (non-hydrogen) atoms. The van der Waals surface area contributed by atoms with Gasteiger partial charge in [-0.3, -0.25) is 9.67 Å². The zero-order valence-electron chi connectivity index (χ0n) is 14.3. The number of nitrogens with zero attached hydrogens (tertiary/aromatic N) is 4. The van der Waals surface area contributed by atoms with E-state index in [0.717, 1.165) is 44.3 Å². The normalized spacial score (nSPS) is 11.8. The zero-order chi connectivity index (χ0) is 15.7. The van der Waals surface area contributed by atoms with E-state index in [1.54, 1.807) is 0 Å². The van der Waals surface area contributed by atoms with E-state index in [0.29, 0.717) is 0 Å². The smallest absolute Gasteiger partial charge is 0.193 e. The van der Waals surface area contributed by atoms with E-state index < -0.39 is 0 Å². The van der Waals surface area contributed by atoms with Crippen molar-refractivity contribution < 1.29 is 0 Å². The second-order valence-electron chi connectivity index (χ2n) is 5.51. The summed E-state index contributed by atoms with van der Waals surface area (Å²) in [7, 11) is 2.11. The molecule has 1 rings (SSSR count). The van der Waals surface area contributed by atoms with Crippen molar-refractivity contribution in [1.82, 2.24) is 20.0 Å². The third kappa shape index (κ3) is 6.19. The molecule has 0 aromatic carbocycles. The molecule has 0 aliphatic heterocycles. The second kappa shape index (κ2) is 9.42. The molecule has 0 radical (unpaired) electrons. The van der Waals surface area contributed by atoms with Crippen LogP contribution in [0.2, 0.25) is 0 Å². The monoisotopic (exact) mass is 293 g/mol. The number of hydrogen-bond donors (Lipinski definition) is 1. The lowest BCUT2D eigenvalue weighted by molar-refractivity contribution is 0.463. The molecule has 1 aromatic heterocycles. The van der Waals surface area contributed by atoms with Gasteiger partial charge >= 0.3 is 0 Å². The molecule has 0 bridgehead atoms. The molecular formula is C16H31N5. The third-order valence-corrected chi connectivity index (χ3v) is 3.44. The Morgan fingerprint density at radius 1 is 1.33 bits per heavy atom. The van der Waals surface area contributed by atoms with Gasteiger partial charge < -0.3 is 10.2 Å². The van der Waals surface area contributed by atoms with Gasteiger partial charge in [-0.2, -0.15) is 5.10 Å². The molecule has 0 aliphatic carbocycles. The summed E-state index contributed by atoms with van der Waals surface area (Å²) in [5.41, 5.74) is 2.31. The summed E-state index contributed by atoms with van der Waals surface area (Å²) in [4.78, 5) is 6.93. The Morgan fingerprint density at radius 3 is 2.67 bits per heavy atom. The average Bonchev–Trinajstić information content (AvgIpc) is 2.77. The number of guanidine groups is 1. The van der Waals surface area contributed by atoms with E-state index >= 15 is 0 Å². The fraction of sp³-hybridized carbons (Fsp3) is 0.750. The summed E-state index contributed by atoms with van der Waals surface area (Å²) in [6.45, 7) is 12.2. The summed E-state index contributed by atoms with van der Waals surface area (Å²) in [5, 5.41) is 7.84. The lowest BCUT2D eigenvalue weighted by Gasteiger charge is -2.21. The predicted molar refractivity (Wildman–Crippen MR) is 89.8 cm³/mol. The number of rotatable bonds is 8. The highest BCUT2D eigenvalue weighted by Crippen LogP contribution is 2.03. The Morgan fingerprint density at radius 2 is 2.10 bits per heavy atom. The maximum Gasteiger partial charge on any atom is 0.193 e. The van der Waals surface area contributed by atoms with Gasteiger partial charge in [0.1, 0.15) is 0 Å². The fourth-order valence-electron chi connectivity index (χ4n) is 2.28. The Hall–Kier alpha value is -1.52. The predicted octanol–water partition coefficient (Wildman–Crippen LogP) is 2.59. The first-order valence-electron chi connectivity index (χ1n) is 8.09. The number of unbranched alkanes of at least 4 members (excludes halogenated alkanes) is 1. The van der Waals surface area contributed by atoms with E-state index in [4.69, 9.17) is 4.99 Å². The first-order valence-corrected chi connectivity index (χ1v) is 8.09. The first kappa shape index (κ1) is 17.5. The van der Waals surface area contributed by atoms with Gasteiger partial charge in [0, 0.05) is 38.9 Å². The molecule has 0 saturated carbocycles. The largest absolute Gasteiger partial charge is 0.357 e. The first-order chi connectivity index (χ1) is 10.1. The summed E-state index contributed by atoms with van der Waals surface area (Å²) in [6.07, 6.45) is 3.42. The van der Waals surface area contributed by atoms with Crippen molar-refractivity contribution >= 4 is 5.96 Å². The Balaban J connectivity index is 2.44. The molecule has 5 nitrogen and oxygen atoms in total. The van der Waals surface area contributed by atoms with Crippen LogP contribution in [0, 0.1) is 13.8 Å². The standard InChI is InChI=1S/C16H31N5/c1-6-8-11-20(5)16(17-7-2)18-10-9-12-21-15(4)13-14(3)19-21/h13H,6-12H2,1-5H3,(H,17,18). The molecule has 0 atom stereocenters. The van der Waals surface area contributed by atoms with Crippen LogP contribution in [-0.2, 0) is 6.54 Å².